The number of nitrogens with zero attached hydrogens (tertiary/aromatic N) is 2. The lowest BCUT2D eigenvalue weighted by Gasteiger charge is -2.17. The molecule has 0 amide bonds. The zero-order valence-electron chi connectivity index (χ0n) is 12.1. The van der Waals surface area contributed by atoms with Crippen LogP contribution in [-0.2, 0) is 6.54 Å². The topological polar surface area (TPSA) is 51.5 Å². The molecular formula is C15H22N3O+. The van der Waals surface area contributed by atoms with Gasteiger partial charge in [-0.1, -0.05) is 12.1 Å². The molecule has 1 heterocycles. The monoisotopic (exact) mass is 260 g/mol. The fourth-order valence-electron chi connectivity index (χ4n) is 2.50. The average molecular weight is 260 g/mol. The lowest BCUT2D eigenvalue weighted by atomic mass is 10.2. The maximum absolute atomic E-state index is 12.5. The van der Waals surface area contributed by atoms with E-state index in [4.69, 9.17) is 4.98 Å². The Morgan fingerprint density at radius 2 is 1.95 bits per heavy atom. The van der Waals surface area contributed by atoms with Crippen molar-refractivity contribution in [2.24, 2.45) is 0 Å². The van der Waals surface area contributed by atoms with E-state index in [0.29, 0.717) is 18.0 Å². The molecule has 0 bridgehead atoms. The van der Waals surface area contributed by atoms with Crippen molar-refractivity contribution in [3.8, 4) is 0 Å². The number of hydrogen-bond donors (Lipinski definition) is 1. The van der Waals surface area contributed by atoms with Crippen molar-refractivity contribution in [1.29, 1.82) is 0 Å². The number of nitrogens with two attached hydrogens (primary N) is 1. The lowest BCUT2D eigenvalue weighted by Crippen LogP contribution is -2.89. The fourth-order valence-corrected chi connectivity index (χ4v) is 2.50. The molecule has 0 aliphatic rings. The predicted molar refractivity (Wildman–Crippen MR) is 77.2 cm³/mol. The van der Waals surface area contributed by atoms with Crippen LogP contribution in [0.2, 0.25) is 0 Å². The molecule has 19 heavy (non-hydrogen) atoms. The molecule has 4 heteroatoms. The number of benzene rings is 1. The maximum Gasteiger partial charge on any atom is 0.261 e. The molecule has 1 aromatic carbocycles. The molecule has 0 unspecified atom stereocenters. The number of aromatic nitrogens is 2. The highest BCUT2D eigenvalue weighted by Crippen LogP contribution is 2.11. The van der Waals surface area contributed by atoms with Crippen LogP contribution in [0.15, 0.2) is 29.1 Å². The molecule has 0 spiro atoms. The number of para-hydroxylation sites is 1. The predicted octanol–water partition coefficient (Wildman–Crippen LogP) is 1.45. The largest absolute Gasteiger partial charge is 0.336 e. The van der Waals surface area contributed by atoms with E-state index in [-0.39, 0.29) is 11.6 Å². The maximum atomic E-state index is 12.5. The van der Waals surface area contributed by atoms with E-state index in [1.165, 1.54) is 0 Å². The summed E-state index contributed by atoms with van der Waals surface area (Å²) in [5.41, 5.74) is 0.850. The molecule has 0 saturated carbocycles. The van der Waals surface area contributed by atoms with E-state index in [1.807, 2.05) is 31.2 Å². The molecule has 2 N–H and O–H groups in total. The van der Waals surface area contributed by atoms with E-state index < -0.39 is 0 Å². The van der Waals surface area contributed by atoms with E-state index in [0.717, 1.165) is 11.3 Å². The number of hydrogen-bond acceptors (Lipinski definition) is 2. The SMILES string of the molecule is CCn1c([C@@H](C)[NH2+]C(C)C)nc2ccccc2c1=O. The fraction of sp³-hybridized carbons (Fsp3) is 0.467. The summed E-state index contributed by atoms with van der Waals surface area (Å²) in [7, 11) is 0. The lowest BCUT2D eigenvalue weighted by molar-refractivity contribution is -0.720. The van der Waals surface area contributed by atoms with Crippen LogP contribution >= 0.6 is 0 Å². The summed E-state index contributed by atoms with van der Waals surface area (Å²) < 4.78 is 1.78. The van der Waals surface area contributed by atoms with E-state index in [1.54, 1.807) is 4.57 Å². The van der Waals surface area contributed by atoms with Gasteiger partial charge in [-0.05, 0) is 39.8 Å². The Kier molecular flexibility index (Phi) is 4.00. The summed E-state index contributed by atoms with van der Waals surface area (Å²) in [5, 5.41) is 2.92. The van der Waals surface area contributed by atoms with Crippen LogP contribution < -0.4 is 10.9 Å². The molecule has 1 atom stereocenters. The van der Waals surface area contributed by atoms with E-state index in [9.17, 15) is 4.79 Å². The van der Waals surface area contributed by atoms with Crippen LogP contribution in [0.4, 0.5) is 0 Å². The van der Waals surface area contributed by atoms with Crippen molar-refractivity contribution in [1.82, 2.24) is 9.55 Å². The van der Waals surface area contributed by atoms with Gasteiger partial charge in [-0.2, -0.15) is 0 Å². The van der Waals surface area contributed by atoms with Gasteiger partial charge in [-0.25, -0.2) is 4.98 Å². The summed E-state index contributed by atoms with van der Waals surface area (Å²) in [6.45, 7) is 9.03. The van der Waals surface area contributed by atoms with Crippen LogP contribution in [0, 0.1) is 0 Å². The quantitative estimate of drug-likeness (QED) is 0.904. The molecule has 0 radical (unpaired) electrons. The first-order valence-corrected chi connectivity index (χ1v) is 6.89. The molecule has 0 saturated heterocycles. The van der Waals surface area contributed by atoms with Gasteiger partial charge in [0, 0.05) is 6.54 Å². The zero-order chi connectivity index (χ0) is 14.0. The van der Waals surface area contributed by atoms with Crippen molar-refractivity contribution in [2.75, 3.05) is 0 Å². The van der Waals surface area contributed by atoms with Crippen molar-refractivity contribution in [2.45, 2.75) is 46.3 Å². The molecule has 0 fully saturated rings. The molecule has 4 nitrogen and oxygen atoms in total. The van der Waals surface area contributed by atoms with Gasteiger partial charge in [-0.3, -0.25) is 9.36 Å². The normalized spacial score (nSPS) is 13.1. The third-order valence-corrected chi connectivity index (χ3v) is 3.29. The van der Waals surface area contributed by atoms with Gasteiger partial charge in [0.15, 0.2) is 5.82 Å². The molecule has 1 aromatic heterocycles. The Hall–Kier alpha value is -1.68. The highest BCUT2D eigenvalue weighted by atomic mass is 16.1. The molecule has 102 valence electrons. The Labute approximate surface area is 113 Å². The first-order valence-electron chi connectivity index (χ1n) is 6.89. The number of fused-ring (bicyclic) bond motifs is 1. The molecule has 2 aromatic rings. The number of rotatable bonds is 4. The van der Waals surface area contributed by atoms with Gasteiger partial charge in [0.1, 0.15) is 6.04 Å². The van der Waals surface area contributed by atoms with Crippen molar-refractivity contribution >= 4 is 10.9 Å². The van der Waals surface area contributed by atoms with E-state index >= 15 is 0 Å². The minimum Gasteiger partial charge on any atom is -0.336 e. The summed E-state index contributed by atoms with van der Waals surface area (Å²) in [4.78, 5) is 17.2. The standard InChI is InChI=1S/C15H21N3O/c1-5-18-14(11(4)16-10(2)3)17-13-9-7-6-8-12(13)15(18)19/h6-11,16H,5H2,1-4H3/p+1/t11-/m1/s1. The molecular weight excluding hydrogens is 238 g/mol. The average Bonchev–Trinajstić information content (AvgIpc) is 2.38. The van der Waals surface area contributed by atoms with E-state index in [2.05, 4.69) is 26.1 Å². The second-order valence-corrected chi connectivity index (χ2v) is 5.26. The highest BCUT2D eigenvalue weighted by Gasteiger charge is 2.18. The smallest absolute Gasteiger partial charge is 0.261 e. The third-order valence-electron chi connectivity index (χ3n) is 3.29. The van der Waals surface area contributed by atoms with Crippen LogP contribution in [0.5, 0.6) is 0 Å². The van der Waals surface area contributed by atoms with Crippen molar-refractivity contribution in [3.05, 3.63) is 40.4 Å². The van der Waals surface area contributed by atoms with Crippen LogP contribution in [0.1, 0.15) is 39.6 Å². The second kappa shape index (κ2) is 5.53. The van der Waals surface area contributed by atoms with Crippen LogP contribution in [0.3, 0.4) is 0 Å². The first kappa shape index (κ1) is 13.7. The minimum atomic E-state index is 0.0621. The number of quaternary nitrogens is 1. The summed E-state index contributed by atoms with van der Waals surface area (Å²) in [6.07, 6.45) is 0. The summed E-state index contributed by atoms with van der Waals surface area (Å²) in [5.74, 6) is 0.861. The first-order chi connectivity index (χ1) is 9.04. The Morgan fingerprint density at radius 1 is 1.26 bits per heavy atom. The molecule has 0 aliphatic carbocycles. The van der Waals surface area contributed by atoms with Crippen molar-refractivity contribution < 1.29 is 5.32 Å². The van der Waals surface area contributed by atoms with Crippen LogP contribution in [-0.4, -0.2) is 15.6 Å². The van der Waals surface area contributed by atoms with Crippen molar-refractivity contribution in [3.63, 3.8) is 0 Å². The third kappa shape index (κ3) is 2.68. The minimum absolute atomic E-state index is 0.0621. The Bertz CT molecular complexity index is 631. The zero-order valence-corrected chi connectivity index (χ0v) is 12.1. The second-order valence-electron chi connectivity index (χ2n) is 5.26. The molecule has 2 rings (SSSR count). The Morgan fingerprint density at radius 3 is 2.58 bits per heavy atom. The van der Waals surface area contributed by atoms with Gasteiger partial charge >= 0.3 is 0 Å². The van der Waals surface area contributed by atoms with Gasteiger partial charge in [0.2, 0.25) is 0 Å². The molecule has 0 aliphatic heterocycles. The summed E-state index contributed by atoms with van der Waals surface area (Å²) >= 11 is 0. The van der Waals surface area contributed by atoms with Gasteiger partial charge < -0.3 is 5.32 Å². The van der Waals surface area contributed by atoms with Gasteiger partial charge in [-0.15, -0.1) is 0 Å². The van der Waals surface area contributed by atoms with Gasteiger partial charge in [0.25, 0.3) is 5.56 Å². The van der Waals surface area contributed by atoms with Gasteiger partial charge in [0.05, 0.1) is 16.9 Å². The summed E-state index contributed by atoms with van der Waals surface area (Å²) in [6, 6.07) is 8.21. The van der Waals surface area contributed by atoms with Crippen LogP contribution in [0.25, 0.3) is 10.9 Å². The Balaban J connectivity index is 2.63. The highest BCUT2D eigenvalue weighted by molar-refractivity contribution is 5.77.